The molecule has 0 bridgehead atoms. The van der Waals surface area contributed by atoms with Crippen LogP contribution in [0.4, 0.5) is 13.2 Å². The third-order valence-corrected chi connectivity index (χ3v) is 7.23. The van der Waals surface area contributed by atoms with Gasteiger partial charge in [0.05, 0.1) is 18.8 Å². The van der Waals surface area contributed by atoms with Gasteiger partial charge >= 0.3 is 18.1 Å². The molecule has 244 valence electrons. The van der Waals surface area contributed by atoms with Crippen LogP contribution in [0, 0.1) is 0 Å². The van der Waals surface area contributed by atoms with Crippen molar-refractivity contribution in [3.05, 3.63) is 82.9 Å². The second-order valence-corrected chi connectivity index (χ2v) is 11.3. The number of hydrogen-bond acceptors (Lipinski definition) is 5. The van der Waals surface area contributed by atoms with Gasteiger partial charge in [-0.2, -0.15) is 13.2 Å². The highest BCUT2D eigenvalue weighted by molar-refractivity contribution is 5.68. The van der Waals surface area contributed by atoms with Crippen LogP contribution in [0.15, 0.2) is 60.7 Å². The molecular formula is C35H42F3NO6. The van der Waals surface area contributed by atoms with Crippen LogP contribution in [-0.4, -0.2) is 54.4 Å². The van der Waals surface area contributed by atoms with Crippen LogP contribution in [0.3, 0.4) is 0 Å². The molecule has 0 saturated heterocycles. The minimum absolute atomic E-state index is 0.00962. The zero-order chi connectivity index (χ0) is 32.8. The van der Waals surface area contributed by atoms with Crippen LogP contribution in [0.25, 0.3) is 11.1 Å². The molecule has 45 heavy (non-hydrogen) atoms. The number of alkyl halides is 3. The Morgan fingerprint density at radius 2 is 1.44 bits per heavy atom. The lowest BCUT2D eigenvalue weighted by atomic mass is 9.97. The molecule has 10 heteroatoms. The molecule has 0 aromatic heterocycles. The number of hydrogen-bond donors (Lipinski definition) is 2. The van der Waals surface area contributed by atoms with Gasteiger partial charge < -0.3 is 24.6 Å². The molecule has 3 rings (SSSR count). The highest BCUT2D eigenvalue weighted by Crippen LogP contribution is 2.33. The number of carboxylic acid groups (broad SMARTS) is 2. The normalized spacial score (nSPS) is 11.5. The number of carboxylic acids is 2. The summed E-state index contributed by atoms with van der Waals surface area (Å²) in [4.78, 5) is 24.0. The maximum absolute atomic E-state index is 13.0. The van der Waals surface area contributed by atoms with Gasteiger partial charge in [-0.05, 0) is 110 Å². The van der Waals surface area contributed by atoms with Crippen LogP contribution in [-0.2, 0) is 35.2 Å². The number of halogens is 3. The van der Waals surface area contributed by atoms with Crippen molar-refractivity contribution < 1.29 is 42.4 Å². The Morgan fingerprint density at radius 3 is 2.11 bits per heavy atom. The van der Waals surface area contributed by atoms with Gasteiger partial charge in [0.15, 0.2) is 0 Å². The number of ether oxygens (including phenoxy) is 2. The summed E-state index contributed by atoms with van der Waals surface area (Å²) in [5.41, 5.74) is 3.70. The van der Waals surface area contributed by atoms with Crippen molar-refractivity contribution in [2.45, 2.75) is 70.5 Å². The predicted molar refractivity (Wildman–Crippen MR) is 167 cm³/mol. The van der Waals surface area contributed by atoms with Crippen molar-refractivity contribution in [3.8, 4) is 22.6 Å². The van der Waals surface area contributed by atoms with Crippen LogP contribution >= 0.6 is 0 Å². The average molecular weight is 630 g/mol. The second-order valence-electron chi connectivity index (χ2n) is 11.3. The molecule has 0 spiro atoms. The number of aryl methyl sites for hydroxylation is 1. The Bertz CT molecular complexity index is 1390. The largest absolute Gasteiger partial charge is 0.494 e. The van der Waals surface area contributed by atoms with Crippen LogP contribution in [0.2, 0.25) is 0 Å². The Morgan fingerprint density at radius 1 is 0.756 bits per heavy atom. The Balaban J connectivity index is 1.54. The van der Waals surface area contributed by atoms with Gasteiger partial charge in [0.1, 0.15) is 11.5 Å². The van der Waals surface area contributed by atoms with Crippen molar-refractivity contribution >= 4 is 11.9 Å². The summed E-state index contributed by atoms with van der Waals surface area (Å²) in [6.45, 7) is 1.41. The van der Waals surface area contributed by atoms with Crippen molar-refractivity contribution in [1.29, 1.82) is 0 Å². The third kappa shape index (κ3) is 12.5. The number of nitrogens with zero attached hydrogens (tertiary/aromatic N) is 1. The van der Waals surface area contributed by atoms with E-state index in [1.807, 2.05) is 49.3 Å². The van der Waals surface area contributed by atoms with E-state index in [1.54, 1.807) is 6.07 Å². The number of carbonyl (C=O) groups is 2. The molecule has 0 unspecified atom stereocenters. The highest BCUT2D eigenvalue weighted by atomic mass is 19.4. The molecule has 0 atom stereocenters. The summed E-state index contributed by atoms with van der Waals surface area (Å²) in [6, 6.07) is 16.6. The van der Waals surface area contributed by atoms with Crippen molar-refractivity contribution in [2.75, 3.05) is 27.3 Å². The van der Waals surface area contributed by atoms with E-state index in [0.717, 1.165) is 66.5 Å². The average Bonchev–Trinajstić information content (AvgIpc) is 2.97. The molecule has 3 aromatic carbocycles. The topological polar surface area (TPSA) is 96.3 Å². The Labute approximate surface area is 262 Å². The molecule has 0 aliphatic heterocycles. The molecule has 7 nitrogen and oxygen atoms in total. The maximum atomic E-state index is 13.0. The van der Waals surface area contributed by atoms with Crippen molar-refractivity contribution in [3.63, 3.8) is 0 Å². The lowest BCUT2D eigenvalue weighted by Crippen LogP contribution is -2.11. The minimum atomic E-state index is -4.38. The summed E-state index contributed by atoms with van der Waals surface area (Å²) in [5.74, 6) is -0.489. The van der Waals surface area contributed by atoms with Gasteiger partial charge in [0, 0.05) is 19.4 Å². The molecule has 0 heterocycles. The monoisotopic (exact) mass is 629 g/mol. The van der Waals surface area contributed by atoms with E-state index in [0.29, 0.717) is 43.1 Å². The fourth-order valence-corrected chi connectivity index (χ4v) is 5.08. The van der Waals surface area contributed by atoms with Gasteiger partial charge in [-0.3, -0.25) is 9.59 Å². The van der Waals surface area contributed by atoms with E-state index in [2.05, 4.69) is 0 Å². The van der Waals surface area contributed by atoms with Crippen molar-refractivity contribution in [1.82, 2.24) is 4.90 Å². The van der Waals surface area contributed by atoms with Gasteiger partial charge in [0.25, 0.3) is 0 Å². The van der Waals surface area contributed by atoms with Crippen LogP contribution in [0.5, 0.6) is 11.5 Å². The standard InChI is InChI=1S/C35H42F3NO6/c1-39(2)24-25-21-28(26-13-15-29(16-14-26)35(36,37)38)23-30(22-25)44-19-6-4-3-5-9-27-10-7-11-32(31(27)17-18-34(42)43)45-20-8-12-33(40)41/h7,10-11,13-16,21-23H,3-6,8-9,12,17-20,24H2,1-2H3,(H,40,41)(H,42,43). The van der Waals surface area contributed by atoms with Crippen LogP contribution in [0.1, 0.15) is 67.2 Å². The minimum Gasteiger partial charge on any atom is -0.494 e. The highest BCUT2D eigenvalue weighted by Gasteiger charge is 2.30. The number of unbranched alkanes of at least 4 members (excludes halogenated alkanes) is 3. The Hall–Kier alpha value is -4.05. The fraction of sp³-hybridized carbons (Fsp3) is 0.429. The summed E-state index contributed by atoms with van der Waals surface area (Å²) in [5, 5.41) is 18.1. The first-order valence-corrected chi connectivity index (χ1v) is 15.2. The molecule has 0 aliphatic rings. The van der Waals surface area contributed by atoms with Gasteiger partial charge in [-0.15, -0.1) is 0 Å². The molecule has 0 amide bonds. The third-order valence-electron chi connectivity index (χ3n) is 7.23. The van der Waals surface area contributed by atoms with Gasteiger partial charge in [0.2, 0.25) is 0 Å². The quantitative estimate of drug-likeness (QED) is 0.130. The van der Waals surface area contributed by atoms with E-state index in [1.165, 1.54) is 12.1 Å². The summed E-state index contributed by atoms with van der Waals surface area (Å²) in [6.07, 6.45) is 0.695. The van der Waals surface area contributed by atoms with E-state index < -0.39 is 23.7 Å². The lowest BCUT2D eigenvalue weighted by molar-refractivity contribution is -0.138. The van der Waals surface area contributed by atoms with E-state index >= 15 is 0 Å². The fourth-order valence-electron chi connectivity index (χ4n) is 5.08. The van der Waals surface area contributed by atoms with Gasteiger partial charge in [-0.1, -0.05) is 37.1 Å². The SMILES string of the molecule is CN(C)Cc1cc(OCCCCCCc2cccc(OCCCC(=O)O)c2CCC(=O)O)cc(-c2ccc(C(F)(F)F)cc2)c1. The summed E-state index contributed by atoms with van der Waals surface area (Å²) < 4.78 is 51.0. The van der Waals surface area contributed by atoms with E-state index in [-0.39, 0.29) is 19.4 Å². The summed E-state index contributed by atoms with van der Waals surface area (Å²) in [7, 11) is 3.90. The molecule has 3 aromatic rings. The first-order valence-electron chi connectivity index (χ1n) is 15.2. The van der Waals surface area contributed by atoms with E-state index in [4.69, 9.17) is 14.6 Å². The predicted octanol–water partition coefficient (Wildman–Crippen LogP) is 7.88. The molecule has 0 fully saturated rings. The maximum Gasteiger partial charge on any atom is 0.416 e. The van der Waals surface area contributed by atoms with Crippen molar-refractivity contribution in [2.24, 2.45) is 0 Å². The van der Waals surface area contributed by atoms with Gasteiger partial charge in [-0.25, -0.2) is 0 Å². The molecular weight excluding hydrogens is 587 g/mol. The molecule has 0 saturated carbocycles. The number of benzene rings is 3. The van der Waals surface area contributed by atoms with Crippen LogP contribution < -0.4 is 9.47 Å². The zero-order valence-electron chi connectivity index (χ0n) is 25.9. The first kappa shape index (κ1) is 35.4. The second kappa shape index (κ2) is 17.4. The molecule has 2 N–H and O–H groups in total. The summed E-state index contributed by atoms with van der Waals surface area (Å²) >= 11 is 0. The zero-order valence-corrected chi connectivity index (χ0v) is 25.9. The smallest absolute Gasteiger partial charge is 0.416 e. The number of rotatable bonds is 19. The Kier molecular flexibility index (Phi) is 13.7. The molecule has 0 radical (unpaired) electrons. The number of aliphatic carboxylic acids is 2. The molecule has 0 aliphatic carbocycles. The lowest BCUT2D eigenvalue weighted by Gasteiger charge is -2.16. The van der Waals surface area contributed by atoms with E-state index in [9.17, 15) is 27.9 Å². The first-order chi connectivity index (χ1) is 21.4.